The summed E-state index contributed by atoms with van der Waals surface area (Å²) in [6.07, 6.45) is 4.79. The van der Waals surface area contributed by atoms with Gasteiger partial charge in [0, 0.05) is 13.1 Å². The molecule has 0 bridgehead atoms. The van der Waals surface area contributed by atoms with Crippen LogP contribution in [0.15, 0.2) is 36.3 Å². The van der Waals surface area contributed by atoms with Crippen LogP contribution in [-0.4, -0.2) is 23.3 Å². The molecule has 0 saturated carbocycles. The maximum atomic E-state index is 11.5. The molecule has 0 aromatic carbocycles. The van der Waals surface area contributed by atoms with Gasteiger partial charge in [-0.25, -0.2) is 5.10 Å². The molecule has 0 aliphatic heterocycles. The van der Waals surface area contributed by atoms with E-state index >= 15 is 0 Å². The highest BCUT2D eigenvalue weighted by Gasteiger charge is 2.12. The van der Waals surface area contributed by atoms with Gasteiger partial charge in [0.15, 0.2) is 0 Å². The number of nitrogens with zero attached hydrogens (tertiary/aromatic N) is 2. The van der Waals surface area contributed by atoms with Crippen LogP contribution >= 0.6 is 11.6 Å². The minimum atomic E-state index is -0.314. The van der Waals surface area contributed by atoms with Crippen molar-refractivity contribution in [2.45, 2.75) is 0 Å². The van der Waals surface area contributed by atoms with Crippen molar-refractivity contribution in [1.82, 2.24) is 10.2 Å². The smallest absolute Gasteiger partial charge is 0.289 e. The molecule has 1 aromatic rings. The molecule has 1 N–H and O–H groups in total. The molecular formula is C10H12ClN3O. The van der Waals surface area contributed by atoms with Gasteiger partial charge in [0.2, 0.25) is 0 Å². The predicted octanol–water partition coefficient (Wildman–Crippen LogP) is 1.60. The Morgan fingerprint density at radius 2 is 2.07 bits per heavy atom. The van der Waals surface area contributed by atoms with Crippen molar-refractivity contribution in [2.75, 3.05) is 18.0 Å². The average Bonchev–Trinajstić information content (AvgIpc) is 2.18. The van der Waals surface area contributed by atoms with Crippen LogP contribution in [0, 0.1) is 0 Å². The number of H-pyrrole nitrogens is 1. The largest absolute Gasteiger partial charge is 0.358 e. The Morgan fingerprint density at radius 1 is 1.47 bits per heavy atom. The first-order valence-electron chi connectivity index (χ1n) is 4.40. The van der Waals surface area contributed by atoms with Crippen LogP contribution in [0.4, 0.5) is 5.69 Å². The van der Waals surface area contributed by atoms with Crippen molar-refractivity contribution in [1.29, 1.82) is 0 Å². The Labute approximate surface area is 92.9 Å². The van der Waals surface area contributed by atoms with Crippen LogP contribution in [0.5, 0.6) is 0 Å². The maximum Gasteiger partial charge on any atom is 0.289 e. The number of aromatic nitrogens is 2. The summed E-state index contributed by atoms with van der Waals surface area (Å²) in [6, 6.07) is 0. The third kappa shape index (κ3) is 2.70. The summed E-state index contributed by atoms with van der Waals surface area (Å²) in [6.45, 7) is 8.29. The predicted molar refractivity (Wildman–Crippen MR) is 62.5 cm³/mol. The maximum absolute atomic E-state index is 11.5. The Bertz CT molecular complexity index is 403. The molecule has 0 radical (unpaired) electrons. The molecule has 0 saturated heterocycles. The first-order chi connectivity index (χ1) is 7.20. The number of rotatable bonds is 5. The summed E-state index contributed by atoms with van der Waals surface area (Å²) < 4.78 is 0. The lowest BCUT2D eigenvalue weighted by atomic mass is 10.3. The normalized spacial score (nSPS) is 9.67. The molecule has 15 heavy (non-hydrogen) atoms. The molecule has 1 rings (SSSR count). The molecule has 1 aromatic heterocycles. The third-order valence-corrected chi connectivity index (χ3v) is 2.08. The SMILES string of the molecule is C=CCN(CC=C)c1c(Cl)cn[nH]c1=O. The van der Waals surface area contributed by atoms with Crippen molar-refractivity contribution < 1.29 is 0 Å². The second kappa shape index (κ2) is 5.36. The molecule has 0 aliphatic rings. The fourth-order valence-corrected chi connectivity index (χ4v) is 1.49. The van der Waals surface area contributed by atoms with Gasteiger partial charge < -0.3 is 4.90 Å². The summed E-state index contributed by atoms with van der Waals surface area (Å²) in [5.74, 6) is 0. The van der Waals surface area contributed by atoms with E-state index in [2.05, 4.69) is 23.4 Å². The van der Waals surface area contributed by atoms with Gasteiger partial charge in [-0.3, -0.25) is 4.79 Å². The van der Waals surface area contributed by atoms with Gasteiger partial charge in [-0.15, -0.1) is 13.2 Å². The van der Waals surface area contributed by atoms with Crippen molar-refractivity contribution in [3.05, 3.63) is 46.9 Å². The second-order valence-electron chi connectivity index (χ2n) is 2.88. The highest BCUT2D eigenvalue weighted by molar-refractivity contribution is 6.33. The number of hydrogen-bond donors (Lipinski definition) is 1. The molecule has 4 nitrogen and oxygen atoms in total. The van der Waals surface area contributed by atoms with Crippen LogP contribution in [0.1, 0.15) is 0 Å². The molecule has 0 fully saturated rings. The van der Waals surface area contributed by atoms with E-state index in [1.165, 1.54) is 6.20 Å². The molecule has 0 atom stereocenters. The van der Waals surface area contributed by atoms with E-state index in [0.29, 0.717) is 23.8 Å². The lowest BCUT2D eigenvalue weighted by Gasteiger charge is -2.20. The summed E-state index contributed by atoms with van der Waals surface area (Å²) in [7, 11) is 0. The molecule has 0 spiro atoms. The first-order valence-corrected chi connectivity index (χ1v) is 4.78. The van der Waals surface area contributed by atoms with Gasteiger partial charge in [-0.1, -0.05) is 23.8 Å². The van der Waals surface area contributed by atoms with Crippen LogP contribution in [0.2, 0.25) is 5.02 Å². The quantitative estimate of drug-likeness (QED) is 0.775. The molecule has 5 heteroatoms. The number of anilines is 1. The zero-order chi connectivity index (χ0) is 11.3. The Kier molecular flexibility index (Phi) is 4.12. The van der Waals surface area contributed by atoms with Crippen molar-refractivity contribution in [3.8, 4) is 0 Å². The number of nitrogens with one attached hydrogen (secondary N) is 1. The summed E-state index contributed by atoms with van der Waals surface area (Å²) in [4.78, 5) is 13.3. The molecule has 0 amide bonds. The highest BCUT2D eigenvalue weighted by atomic mass is 35.5. The monoisotopic (exact) mass is 225 g/mol. The summed E-state index contributed by atoms with van der Waals surface area (Å²) >= 11 is 5.90. The van der Waals surface area contributed by atoms with Crippen LogP contribution in [0.3, 0.4) is 0 Å². The number of aromatic amines is 1. The minimum absolute atomic E-state index is 0.314. The zero-order valence-corrected chi connectivity index (χ0v) is 9.00. The summed E-state index contributed by atoms with van der Waals surface area (Å²) in [5.41, 5.74) is 0.0812. The van der Waals surface area contributed by atoms with E-state index in [-0.39, 0.29) is 5.56 Å². The van der Waals surface area contributed by atoms with Crippen molar-refractivity contribution >= 4 is 17.3 Å². The molecule has 1 heterocycles. The summed E-state index contributed by atoms with van der Waals surface area (Å²) in [5, 5.41) is 6.26. The highest BCUT2D eigenvalue weighted by Crippen LogP contribution is 2.19. The lowest BCUT2D eigenvalue weighted by molar-refractivity contribution is 0.906. The molecule has 0 unspecified atom stereocenters. The van der Waals surface area contributed by atoms with E-state index in [9.17, 15) is 4.79 Å². The van der Waals surface area contributed by atoms with E-state index in [1.807, 2.05) is 0 Å². The molecule has 80 valence electrons. The standard InChI is InChI=1S/C10H12ClN3O/c1-3-5-14(6-4-2)9-8(11)7-12-13-10(9)15/h3-4,7H,1-2,5-6H2,(H,13,15). The van der Waals surface area contributed by atoms with Gasteiger partial charge in [-0.05, 0) is 0 Å². The average molecular weight is 226 g/mol. The van der Waals surface area contributed by atoms with Crippen LogP contribution in [-0.2, 0) is 0 Å². The lowest BCUT2D eigenvalue weighted by Crippen LogP contribution is -2.30. The van der Waals surface area contributed by atoms with E-state index in [4.69, 9.17) is 11.6 Å². The first kappa shape index (κ1) is 11.5. The van der Waals surface area contributed by atoms with Gasteiger partial charge in [-0.2, -0.15) is 5.10 Å². The zero-order valence-electron chi connectivity index (χ0n) is 8.24. The van der Waals surface area contributed by atoms with Crippen molar-refractivity contribution in [2.24, 2.45) is 0 Å². The Hall–Kier alpha value is -1.55. The van der Waals surface area contributed by atoms with Crippen molar-refractivity contribution in [3.63, 3.8) is 0 Å². The fraction of sp³-hybridized carbons (Fsp3) is 0.200. The molecular weight excluding hydrogens is 214 g/mol. The molecule has 0 aliphatic carbocycles. The number of hydrogen-bond acceptors (Lipinski definition) is 3. The third-order valence-electron chi connectivity index (χ3n) is 1.80. The Balaban J connectivity index is 3.14. The van der Waals surface area contributed by atoms with Crippen LogP contribution < -0.4 is 10.5 Å². The van der Waals surface area contributed by atoms with Gasteiger partial charge >= 0.3 is 0 Å². The van der Waals surface area contributed by atoms with Gasteiger partial charge in [0.05, 0.1) is 11.2 Å². The Morgan fingerprint density at radius 3 is 2.53 bits per heavy atom. The van der Waals surface area contributed by atoms with E-state index < -0.39 is 0 Å². The van der Waals surface area contributed by atoms with E-state index in [0.717, 1.165) is 0 Å². The minimum Gasteiger partial charge on any atom is -0.358 e. The van der Waals surface area contributed by atoms with Gasteiger partial charge in [0.1, 0.15) is 5.69 Å². The second-order valence-corrected chi connectivity index (χ2v) is 3.29. The number of halogens is 1. The van der Waals surface area contributed by atoms with Gasteiger partial charge in [0.25, 0.3) is 5.56 Å². The topological polar surface area (TPSA) is 49.0 Å². The fourth-order valence-electron chi connectivity index (χ4n) is 1.23. The van der Waals surface area contributed by atoms with E-state index in [1.54, 1.807) is 17.1 Å². The van der Waals surface area contributed by atoms with Crippen LogP contribution in [0.25, 0.3) is 0 Å².